The van der Waals surface area contributed by atoms with Gasteiger partial charge in [-0.3, -0.25) is 13.8 Å². The molecule has 0 N–H and O–H groups in total. The lowest BCUT2D eigenvalue weighted by Gasteiger charge is -2.13. The van der Waals surface area contributed by atoms with Crippen molar-refractivity contribution in [3.8, 4) is 5.75 Å². The minimum absolute atomic E-state index is 0.0548. The molecule has 2 rings (SSSR count). The first kappa shape index (κ1) is 27.8. The van der Waals surface area contributed by atoms with Gasteiger partial charge in [-0.15, -0.1) is 10.1 Å². The monoisotopic (exact) mass is 511 g/mol. The van der Waals surface area contributed by atoms with E-state index in [1.54, 1.807) is 14.0 Å². The Morgan fingerprint density at radius 2 is 1.63 bits per heavy atom. The number of hydrogen-bond donors (Lipinski definition) is 0. The molecule has 3 atom stereocenters. The zero-order valence-corrected chi connectivity index (χ0v) is 20.6. The maximum Gasteiger partial charge on any atom is 0.510 e. The Bertz CT molecular complexity index is 1040. The number of rotatable bonds is 14. The predicted molar refractivity (Wildman–Crippen MR) is 127 cm³/mol. The van der Waals surface area contributed by atoms with E-state index in [4.69, 9.17) is 14.2 Å². The first-order valence-electron chi connectivity index (χ1n) is 10.9. The molecular weight excluding hydrogens is 482 g/mol. The van der Waals surface area contributed by atoms with Crippen LogP contribution in [-0.4, -0.2) is 59.5 Å². The van der Waals surface area contributed by atoms with Crippen LogP contribution in [0, 0.1) is 10.1 Å². The quantitative estimate of drug-likeness (QED) is 0.121. The van der Waals surface area contributed by atoms with E-state index >= 15 is 0 Å². The van der Waals surface area contributed by atoms with Gasteiger partial charge in [0.15, 0.2) is 0 Å². The van der Waals surface area contributed by atoms with Crippen molar-refractivity contribution >= 4 is 33.7 Å². The molecule has 2 aromatic rings. The lowest BCUT2D eigenvalue weighted by Crippen LogP contribution is -2.22. The minimum Gasteiger partial charge on any atom is -0.497 e. The van der Waals surface area contributed by atoms with Crippen LogP contribution >= 0.6 is 0 Å². The molecule has 192 valence electrons. The number of fused-ring (bicyclic) bond motifs is 1. The molecule has 0 aliphatic rings. The fourth-order valence-electron chi connectivity index (χ4n) is 3.08. The fraction of sp³-hybridized carbons (Fsp3) is 0.478. The normalized spacial score (nSPS) is 13.3. The van der Waals surface area contributed by atoms with E-state index in [1.165, 1.54) is 6.92 Å². The summed E-state index contributed by atoms with van der Waals surface area (Å²) < 4.78 is 31.8. The molecular formula is C23H29NO10S. The summed E-state index contributed by atoms with van der Waals surface area (Å²) in [5.74, 6) is 0.575. The lowest BCUT2D eigenvalue weighted by atomic mass is 9.98. The Kier molecular flexibility index (Phi) is 11.2. The Balaban J connectivity index is 1.63. The van der Waals surface area contributed by atoms with Gasteiger partial charge in [0.25, 0.3) is 5.09 Å². The number of carbonyl (C=O) groups excluding carboxylic acids is 2. The highest BCUT2D eigenvalue weighted by Crippen LogP contribution is 2.25. The van der Waals surface area contributed by atoms with Gasteiger partial charge in [-0.1, -0.05) is 24.3 Å². The van der Waals surface area contributed by atoms with Gasteiger partial charge in [-0.25, -0.2) is 4.79 Å². The summed E-state index contributed by atoms with van der Waals surface area (Å²) in [5, 5.41) is 11.0. The van der Waals surface area contributed by atoms with Crippen molar-refractivity contribution < 1.29 is 42.7 Å². The predicted octanol–water partition coefficient (Wildman–Crippen LogP) is 3.73. The van der Waals surface area contributed by atoms with Crippen molar-refractivity contribution in [2.45, 2.75) is 38.9 Å². The first-order chi connectivity index (χ1) is 16.7. The second-order valence-electron chi connectivity index (χ2n) is 7.53. The molecule has 3 unspecified atom stereocenters. The largest absolute Gasteiger partial charge is 0.510 e. The van der Waals surface area contributed by atoms with Crippen LogP contribution in [0.5, 0.6) is 5.75 Å². The van der Waals surface area contributed by atoms with Gasteiger partial charge in [0.2, 0.25) is 6.29 Å². The summed E-state index contributed by atoms with van der Waals surface area (Å²) in [4.78, 5) is 37.9. The topological polar surface area (TPSA) is 141 Å². The van der Waals surface area contributed by atoms with E-state index in [1.807, 2.05) is 36.4 Å². The van der Waals surface area contributed by atoms with Crippen LogP contribution in [0.4, 0.5) is 4.79 Å². The molecule has 0 aromatic heterocycles. The summed E-state index contributed by atoms with van der Waals surface area (Å²) in [5.41, 5.74) is 0.842. The number of ether oxygens (including phenoxy) is 4. The molecule has 0 bridgehead atoms. The molecule has 35 heavy (non-hydrogen) atoms. The smallest absolute Gasteiger partial charge is 0.497 e. The van der Waals surface area contributed by atoms with Crippen LogP contribution in [0.1, 0.15) is 38.2 Å². The highest BCUT2D eigenvalue weighted by molar-refractivity contribution is 7.84. The summed E-state index contributed by atoms with van der Waals surface area (Å²) in [6.45, 7) is 3.05. The Morgan fingerprint density at radius 1 is 1.00 bits per heavy atom. The van der Waals surface area contributed by atoms with Crippen LogP contribution < -0.4 is 4.74 Å². The van der Waals surface area contributed by atoms with E-state index in [0.717, 1.165) is 22.1 Å². The molecule has 0 saturated heterocycles. The standard InChI is InChI=1S/C23H29NO10S/c1-16(18-6-7-20-15-21(30-3)9-8-19(20)14-18)22(25)31-10-4-12-35(29)13-5-11-32-23(26)33-17(2)34-24(27)28/h6-9,14-17H,4-5,10-13H2,1-3H3. The fourth-order valence-corrected chi connectivity index (χ4v) is 4.17. The van der Waals surface area contributed by atoms with Gasteiger partial charge in [-0.2, -0.15) is 0 Å². The SMILES string of the molecule is COc1ccc2cc(C(C)C(=O)OCCCS(=O)CCCOC(=O)OC(C)O[N+](=O)[O-])ccc2c1. The summed E-state index contributed by atoms with van der Waals surface area (Å²) >= 11 is 0. The van der Waals surface area contributed by atoms with E-state index in [0.29, 0.717) is 18.6 Å². The first-order valence-corrected chi connectivity index (χ1v) is 12.4. The number of methoxy groups -OCH3 is 1. The van der Waals surface area contributed by atoms with Crippen LogP contribution in [0.25, 0.3) is 10.8 Å². The molecule has 0 aliphatic heterocycles. The van der Waals surface area contributed by atoms with Crippen molar-refractivity contribution in [2.75, 3.05) is 31.8 Å². The third-order valence-electron chi connectivity index (χ3n) is 4.92. The summed E-state index contributed by atoms with van der Waals surface area (Å²) in [6.07, 6.45) is -1.75. The van der Waals surface area contributed by atoms with Crippen LogP contribution in [-0.2, 0) is 34.6 Å². The molecule has 0 saturated carbocycles. The van der Waals surface area contributed by atoms with Crippen molar-refractivity contribution in [1.29, 1.82) is 0 Å². The Hall–Kier alpha value is -3.41. The highest BCUT2D eigenvalue weighted by atomic mass is 32.2. The molecule has 0 spiro atoms. The second kappa shape index (κ2) is 14.1. The minimum atomic E-state index is -1.39. The maximum absolute atomic E-state index is 12.4. The van der Waals surface area contributed by atoms with Gasteiger partial charge < -0.3 is 18.9 Å². The average molecular weight is 512 g/mol. The second-order valence-corrected chi connectivity index (χ2v) is 9.23. The summed E-state index contributed by atoms with van der Waals surface area (Å²) in [6, 6.07) is 11.5. The van der Waals surface area contributed by atoms with E-state index in [9.17, 15) is 23.9 Å². The third-order valence-corrected chi connectivity index (χ3v) is 6.41. The number of hydrogen-bond acceptors (Lipinski definition) is 10. The van der Waals surface area contributed by atoms with E-state index < -0.39 is 34.2 Å². The van der Waals surface area contributed by atoms with Gasteiger partial charge >= 0.3 is 12.1 Å². The van der Waals surface area contributed by atoms with E-state index in [-0.39, 0.29) is 24.9 Å². The van der Waals surface area contributed by atoms with Gasteiger partial charge in [-0.05, 0) is 55.2 Å². The molecule has 0 aliphatic carbocycles. The van der Waals surface area contributed by atoms with Crippen molar-refractivity contribution in [3.63, 3.8) is 0 Å². The van der Waals surface area contributed by atoms with Gasteiger partial charge in [0.05, 0.1) is 26.2 Å². The number of esters is 1. The summed E-state index contributed by atoms with van der Waals surface area (Å²) in [7, 11) is 0.429. The van der Waals surface area contributed by atoms with Crippen molar-refractivity contribution in [3.05, 3.63) is 52.1 Å². The number of carbonyl (C=O) groups is 2. The third kappa shape index (κ3) is 9.77. The average Bonchev–Trinajstić information content (AvgIpc) is 2.82. The van der Waals surface area contributed by atoms with Gasteiger partial charge in [0, 0.05) is 22.3 Å². The van der Waals surface area contributed by atoms with E-state index in [2.05, 4.69) is 9.57 Å². The van der Waals surface area contributed by atoms with Crippen LogP contribution in [0.3, 0.4) is 0 Å². The van der Waals surface area contributed by atoms with Crippen molar-refractivity contribution in [2.24, 2.45) is 0 Å². The molecule has 0 amide bonds. The molecule has 0 fully saturated rings. The van der Waals surface area contributed by atoms with Crippen LogP contribution in [0.15, 0.2) is 36.4 Å². The zero-order valence-electron chi connectivity index (χ0n) is 19.8. The molecule has 0 radical (unpaired) electrons. The highest BCUT2D eigenvalue weighted by Gasteiger charge is 2.17. The Morgan fingerprint density at radius 3 is 2.29 bits per heavy atom. The van der Waals surface area contributed by atoms with Crippen molar-refractivity contribution in [1.82, 2.24) is 0 Å². The maximum atomic E-state index is 12.4. The molecule has 2 aromatic carbocycles. The molecule has 12 heteroatoms. The van der Waals surface area contributed by atoms with Gasteiger partial charge in [0.1, 0.15) is 5.75 Å². The Labute approximate surface area is 205 Å². The number of nitrogens with zero attached hydrogens (tertiary/aromatic N) is 1. The zero-order chi connectivity index (χ0) is 25.8. The van der Waals surface area contributed by atoms with Crippen LogP contribution in [0.2, 0.25) is 0 Å². The lowest BCUT2D eigenvalue weighted by molar-refractivity contribution is -0.777. The molecule has 11 nitrogen and oxygen atoms in total. The number of benzene rings is 2. The molecule has 0 heterocycles.